The van der Waals surface area contributed by atoms with E-state index in [0.717, 1.165) is 19.3 Å². The van der Waals surface area contributed by atoms with Crippen LogP contribution in [-0.4, -0.2) is 18.0 Å². The van der Waals surface area contributed by atoms with Crippen molar-refractivity contribution in [3.05, 3.63) is 34.4 Å². The quantitative estimate of drug-likeness (QED) is 0.850. The van der Waals surface area contributed by atoms with E-state index in [-0.39, 0.29) is 5.91 Å². The molecule has 1 aliphatic carbocycles. The molecule has 0 radical (unpaired) electrons. The average molecular weight is 246 g/mol. The first-order chi connectivity index (χ1) is 8.42. The molecule has 1 saturated carbocycles. The number of hydrogen-bond donors (Lipinski definition) is 2. The van der Waals surface area contributed by atoms with E-state index < -0.39 is 5.54 Å². The number of nitrogens with one attached hydrogen (secondary N) is 1. The molecule has 98 valence electrons. The Bertz CT molecular complexity index is 476. The predicted octanol–water partition coefficient (Wildman–Crippen LogP) is 1.76. The summed E-state index contributed by atoms with van der Waals surface area (Å²) in [7, 11) is 0. The molecule has 3 N–H and O–H groups in total. The summed E-state index contributed by atoms with van der Waals surface area (Å²) in [6.07, 6.45) is 2.51. The Morgan fingerprint density at radius 2 is 1.83 bits per heavy atom. The molecular formula is C15H22N2O. The van der Waals surface area contributed by atoms with Crippen LogP contribution in [0.1, 0.15) is 35.1 Å². The van der Waals surface area contributed by atoms with E-state index in [1.807, 2.05) is 0 Å². The zero-order valence-corrected chi connectivity index (χ0v) is 11.5. The molecule has 1 aromatic carbocycles. The van der Waals surface area contributed by atoms with Crippen molar-refractivity contribution in [2.45, 2.75) is 45.6 Å². The van der Waals surface area contributed by atoms with Crippen LogP contribution in [0.15, 0.2) is 12.1 Å². The van der Waals surface area contributed by atoms with Gasteiger partial charge in [0.05, 0.1) is 5.54 Å². The van der Waals surface area contributed by atoms with Crippen molar-refractivity contribution in [1.29, 1.82) is 0 Å². The normalized spacial score (nSPS) is 16.4. The maximum atomic E-state index is 11.7. The van der Waals surface area contributed by atoms with Crippen molar-refractivity contribution in [3.8, 4) is 0 Å². The van der Waals surface area contributed by atoms with Crippen LogP contribution in [0.25, 0.3) is 0 Å². The highest BCUT2D eigenvalue weighted by Gasteiger charge is 2.45. The molecule has 0 spiro atoms. The third kappa shape index (κ3) is 2.72. The second kappa shape index (κ2) is 4.73. The van der Waals surface area contributed by atoms with Gasteiger partial charge in [-0.05, 0) is 62.3 Å². The summed E-state index contributed by atoms with van der Waals surface area (Å²) < 4.78 is 0. The molecule has 3 nitrogen and oxygen atoms in total. The first kappa shape index (κ1) is 13.1. The average Bonchev–Trinajstić information content (AvgIpc) is 3.05. The van der Waals surface area contributed by atoms with Crippen molar-refractivity contribution in [2.24, 2.45) is 5.73 Å². The molecule has 1 amide bonds. The summed E-state index contributed by atoms with van der Waals surface area (Å²) in [5.74, 6) is 0.00369. The van der Waals surface area contributed by atoms with Crippen LogP contribution in [0.5, 0.6) is 0 Å². The van der Waals surface area contributed by atoms with Gasteiger partial charge in [0.2, 0.25) is 5.91 Å². The largest absolute Gasteiger partial charge is 0.354 e. The number of amides is 1. The summed E-state index contributed by atoms with van der Waals surface area (Å²) in [6, 6.07) is 4.42. The van der Waals surface area contributed by atoms with Gasteiger partial charge in [-0.2, -0.15) is 0 Å². The smallest absolute Gasteiger partial charge is 0.240 e. The van der Waals surface area contributed by atoms with Gasteiger partial charge in [-0.15, -0.1) is 0 Å². The molecule has 2 rings (SSSR count). The Hall–Kier alpha value is -1.35. The van der Waals surface area contributed by atoms with E-state index in [1.165, 1.54) is 22.3 Å². The number of aryl methyl sites for hydroxylation is 3. The van der Waals surface area contributed by atoms with Gasteiger partial charge in [-0.3, -0.25) is 4.79 Å². The minimum atomic E-state index is -0.557. The lowest BCUT2D eigenvalue weighted by atomic mass is 9.99. The Balaban J connectivity index is 1.90. The molecule has 0 aliphatic heterocycles. The van der Waals surface area contributed by atoms with Gasteiger partial charge in [0.25, 0.3) is 0 Å². The van der Waals surface area contributed by atoms with Gasteiger partial charge in [0.15, 0.2) is 0 Å². The fourth-order valence-electron chi connectivity index (χ4n) is 2.14. The van der Waals surface area contributed by atoms with Crippen LogP contribution in [0, 0.1) is 20.8 Å². The van der Waals surface area contributed by atoms with Gasteiger partial charge in [0, 0.05) is 6.54 Å². The van der Waals surface area contributed by atoms with Crippen molar-refractivity contribution >= 4 is 5.91 Å². The second-order valence-electron chi connectivity index (χ2n) is 5.52. The Morgan fingerprint density at radius 1 is 1.22 bits per heavy atom. The summed E-state index contributed by atoms with van der Waals surface area (Å²) in [5, 5.41) is 2.93. The Kier molecular flexibility index (Phi) is 3.44. The molecule has 0 unspecified atom stereocenters. The van der Waals surface area contributed by atoms with Crippen LogP contribution in [-0.2, 0) is 11.2 Å². The molecule has 0 atom stereocenters. The molecule has 0 saturated heterocycles. The molecule has 1 fully saturated rings. The summed E-state index contributed by atoms with van der Waals surface area (Å²) >= 11 is 0. The number of rotatable bonds is 4. The highest BCUT2D eigenvalue weighted by Crippen LogP contribution is 2.32. The first-order valence-corrected chi connectivity index (χ1v) is 6.56. The lowest BCUT2D eigenvalue weighted by molar-refractivity contribution is -0.123. The van der Waals surface area contributed by atoms with Crippen molar-refractivity contribution in [2.75, 3.05) is 6.54 Å². The number of carbonyl (C=O) groups excluding carboxylic acids is 1. The molecular weight excluding hydrogens is 224 g/mol. The molecule has 3 heteroatoms. The summed E-state index contributed by atoms with van der Waals surface area (Å²) in [4.78, 5) is 11.7. The topological polar surface area (TPSA) is 55.1 Å². The summed E-state index contributed by atoms with van der Waals surface area (Å²) in [6.45, 7) is 7.03. The Morgan fingerprint density at radius 3 is 2.44 bits per heavy atom. The van der Waals surface area contributed by atoms with E-state index >= 15 is 0 Å². The van der Waals surface area contributed by atoms with Gasteiger partial charge >= 0.3 is 0 Å². The minimum Gasteiger partial charge on any atom is -0.354 e. The lowest BCUT2D eigenvalue weighted by Gasteiger charge is -2.12. The zero-order valence-electron chi connectivity index (χ0n) is 11.5. The fourth-order valence-corrected chi connectivity index (χ4v) is 2.14. The van der Waals surface area contributed by atoms with Gasteiger partial charge in [-0.25, -0.2) is 0 Å². The molecule has 0 bridgehead atoms. The zero-order chi connectivity index (χ0) is 13.3. The van der Waals surface area contributed by atoms with E-state index in [0.29, 0.717) is 6.54 Å². The molecule has 1 aliphatic rings. The number of carbonyl (C=O) groups is 1. The third-order valence-corrected chi connectivity index (χ3v) is 3.87. The highest BCUT2D eigenvalue weighted by molar-refractivity contribution is 5.88. The number of hydrogen-bond acceptors (Lipinski definition) is 2. The second-order valence-corrected chi connectivity index (χ2v) is 5.52. The Labute approximate surface area is 109 Å². The van der Waals surface area contributed by atoms with Crippen LogP contribution < -0.4 is 11.1 Å². The maximum absolute atomic E-state index is 11.7. The van der Waals surface area contributed by atoms with Gasteiger partial charge < -0.3 is 11.1 Å². The molecule has 0 heterocycles. The minimum absolute atomic E-state index is 0.00369. The van der Waals surface area contributed by atoms with E-state index in [1.54, 1.807) is 0 Å². The fraction of sp³-hybridized carbons (Fsp3) is 0.533. The number of nitrogens with two attached hydrogens (primary N) is 1. The van der Waals surface area contributed by atoms with E-state index in [9.17, 15) is 4.79 Å². The standard InChI is InChI=1S/C15H22N2O/c1-10-8-12(3)13(9-11(10)2)4-7-17-14(18)15(16)5-6-15/h8-9H,4-7,16H2,1-3H3,(H,17,18). The SMILES string of the molecule is Cc1cc(C)c(CCNC(=O)C2(N)CC2)cc1C. The van der Waals surface area contributed by atoms with E-state index in [2.05, 4.69) is 38.2 Å². The first-order valence-electron chi connectivity index (χ1n) is 6.56. The van der Waals surface area contributed by atoms with Gasteiger partial charge in [0.1, 0.15) is 0 Å². The van der Waals surface area contributed by atoms with Gasteiger partial charge in [-0.1, -0.05) is 12.1 Å². The van der Waals surface area contributed by atoms with Crippen LogP contribution in [0.3, 0.4) is 0 Å². The molecule has 18 heavy (non-hydrogen) atoms. The highest BCUT2D eigenvalue weighted by atomic mass is 16.2. The van der Waals surface area contributed by atoms with E-state index in [4.69, 9.17) is 5.73 Å². The lowest BCUT2D eigenvalue weighted by Crippen LogP contribution is -2.43. The maximum Gasteiger partial charge on any atom is 0.240 e. The number of benzene rings is 1. The third-order valence-electron chi connectivity index (χ3n) is 3.87. The summed E-state index contributed by atoms with van der Waals surface area (Å²) in [5.41, 5.74) is 10.5. The molecule has 1 aromatic rings. The van der Waals surface area contributed by atoms with Crippen molar-refractivity contribution < 1.29 is 4.79 Å². The van der Waals surface area contributed by atoms with Crippen LogP contribution in [0.4, 0.5) is 0 Å². The van der Waals surface area contributed by atoms with Crippen LogP contribution in [0.2, 0.25) is 0 Å². The predicted molar refractivity (Wildman–Crippen MR) is 73.5 cm³/mol. The monoisotopic (exact) mass is 246 g/mol. The molecule has 0 aromatic heterocycles. The van der Waals surface area contributed by atoms with Crippen molar-refractivity contribution in [3.63, 3.8) is 0 Å². The van der Waals surface area contributed by atoms with Crippen LogP contribution >= 0.6 is 0 Å². The van der Waals surface area contributed by atoms with Crippen molar-refractivity contribution in [1.82, 2.24) is 5.32 Å².